The number of rotatable bonds is 7. The molecule has 6 nitrogen and oxygen atoms in total. The lowest BCUT2D eigenvalue weighted by Gasteiger charge is -2.11. The lowest BCUT2D eigenvalue weighted by Crippen LogP contribution is -2.04. The fourth-order valence-corrected chi connectivity index (χ4v) is 3.19. The fourth-order valence-electron chi connectivity index (χ4n) is 2.70. The molecule has 0 amide bonds. The van der Waals surface area contributed by atoms with Crippen LogP contribution in [0.2, 0.25) is 10.0 Å². The Labute approximate surface area is 206 Å². The predicted octanol–water partition coefficient (Wildman–Crippen LogP) is 7.19. The number of pyridine rings is 1. The van der Waals surface area contributed by atoms with Crippen molar-refractivity contribution in [3.63, 3.8) is 0 Å². The van der Waals surface area contributed by atoms with Crippen molar-refractivity contribution in [2.75, 3.05) is 0 Å². The lowest BCUT2D eigenvalue weighted by molar-refractivity contribution is -0.137. The van der Waals surface area contributed by atoms with E-state index in [1.807, 2.05) is 0 Å². The summed E-state index contributed by atoms with van der Waals surface area (Å²) in [6.07, 6.45) is -3.16. The van der Waals surface area contributed by atoms with Crippen molar-refractivity contribution in [1.29, 1.82) is 0 Å². The molecule has 1 N–H and O–H groups in total. The van der Waals surface area contributed by atoms with Crippen LogP contribution in [-0.4, -0.2) is 26.0 Å². The van der Waals surface area contributed by atoms with Crippen LogP contribution < -0.4 is 4.74 Å². The molecule has 0 radical (unpaired) electrons. The number of aryl methyl sites for hydroxylation is 2. The minimum Gasteiger partial charge on any atom is -0.481 e. The zero-order valence-corrected chi connectivity index (χ0v) is 19.5. The SMILES string of the molecule is CC(=O)O.FC(F)c1ncnc(CCCc2ccc(Oc3ccc(C(F)(F)F)cc3Cl)nc2)c1Cl. The first-order valence-corrected chi connectivity index (χ1v) is 10.6. The molecule has 3 aromatic rings. The highest BCUT2D eigenvalue weighted by molar-refractivity contribution is 6.32. The molecule has 0 bridgehead atoms. The van der Waals surface area contributed by atoms with Crippen LogP contribution in [0.1, 0.15) is 42.3 Å². The van der Waals surface area contributed by atoms with Crippen LogP contribution in [0.5, 0.6) is 11.6 Å². The number of carbonyl (C=O) groups is 1. The van der Waals surface area contributed by atoms with Gasteiger partial charge in [-0.25, -0.2) is 23.7 Å². The van der Waals surface area contributed by atoms with E-state index in [1.54, 1.807) is 18.3 Å². The molecule has 0 aliphatic heterocycles. The first kappa shape index (κ1) is 28.2. The van der Waals surface area contributed by atoms with Crippen LogP contribution >= 0.6 is 23.2 Å². The molecule has 0 fully saturated rings. The van der Waals surface area contributed by atoms with Gasteiger partial charge in [-0.2, -0.15) is 13.2 Å². The second-order valence-electron chi connectivity index (χ2n) is 6.94. The van der Waals surface area contributed by atoms with Crippen LogP contribution in [0.25, 0.3) is 0 Å². The average Bonchev–Trinajstić information content (AvgIpc) is 2.76. The van der Waals surface area contributed by atoms with Crippen LogP contribution in [0.15, 0.2) is 42.9 Å². The smallest absolute Gasteiger partial charge is 0.416 e. The summed E-state index contributed by atoms with van der Waals surface area (Å²) in [5, 5.41) is 7.10. The standard InChI is InChI=1S/C20H14Cl2F5N3O.C2H4O2/c21-13-8-12(20(25,26)27)5-6-15(13)31-16-7-4-11(9-28-16)2-1-3-14-17(22)18(19(23)24)30-10-29-14;1-2(3)4/h4-10,19H,1-3H2;1H3,(H,3,4). The van der Waals surface area contributed by atoms with Gasteiger partial charge in [-0.1, -0.05) is 29.3 Å². The van der Waals surface area contributed by atoms with Gasteiger partial charge in [-0.05, 0) is 43.0 Å². The Morgan fingerprint density at radius 2 is 1.77 bits per heavy atom. The van der Waals surface area contributed by atoms with E-state index in [2.05, 4.69) is 15.0 Å². The van der Waals surface area contributed by atoms with Gasteiger partial charge in [0.2, 0.25) is 5.88 Å². The third kappa shape index (κ3) is 8.91. The number of nitrogens with zero attached hydrogens (tertiary/aromatic N) is 3. The molecule has 2 heterocycles. The Bertz CT molecular complexity index is 1140. The van der Waals surface area contributed by atoms with E-state index < -0.39 is 29.8 Å². The van der Waals surface area contributed by atoms with Gasteiger partial charge in [0.05, 0.1) is 21.3 Å². The molecule has 188 valence electrons. The molecule has 0 spiro atoms. The van der Waals surface area contributed by atoms with E-state index >= 15 is 0 Å². The summed E-state index contributed by atoms with van der Waals surface area (Å²) in [5.74, 6) is -0.631. The van der Waals surface area contributed by atoms with Crippen molar-refractivity contribution >= 4 is 29.2 Å². The topological polar surface area (TPSA) is 85.2 Å². The summed E-state index contributed by atoms with van der Waals surface area (Å²) in [6, 6.07) is 6.05. The number of carboxylic acids is 1. The highest BCUT2D eigenvalue weighted by Crippen LogP contribution is 2.36. The Hall–Kier alpha value is -3.05. The van der Waals surface area contributed by atoms with E-state index in [4.69, 9.17) is 37.8 Å². The van der Waals surface area contributed by atoms with Crippen LogP contribution in [0, 0.1) is 0 Å². The average molecular weight is 538 g/mol. The van der Waals surface area contributed by atoms with Crippen molar-refractivity contribution < 1.29 is 36.6 Å². The van der Waals surface area contributed by atoms with Crippen LogP contribution in [0.3, 0.4) is 0 Å². The van der Waals surface area contributed by atoms with Crippen LogP contribution in [-0.2, 0) is 23.8 Å². The highest BCUT2D eigenvalue weighted by atomic mass is 35.5. The maximum atomic E-state index is 12.8. The summed E-state index contributed by atoms with van der Waals surface area (Å²) in [5.41, 5.74) is -0.184. The predicted molar refractivity (Wildman–Crippen MR) is 118 cm³/mol. The number of aromatic nitrogens is 3. The first-order chi connectivity index (χ1) is 16.4. The largest absolute Gasteiger partial charge is 0.481 e. The van der Waals surface area contributed by atoms with Crippen molar-refractivity contribution in [2.45, 2.75) is 38.8 Å². The number of hydrogen-bond acceptors (Lipinski definition) is 5. The minimum absolute atomic E-state index is 0.0446. The van der Waals surface area contributed by atoms with Gasteiger partial charge >= 0.3 is 6.18 Å². The molecule has 0 aliphatic rings. The maximum Gasteiger partial charge on any atom is 0.416 e. The second kappa shape index (κ2) is 12.6. The van der Waals surface area contributed by atoms with E-state index in [1.165, 1.54) is 0 Å². The van der Waals surface area contributed by atoms with Gasteiger partial charge in [0.15, 0.2) is 0 Å². The molecular weight excluding hydrogens is 520 g/mol. The molecule has 0 atom stereocenters. The number of ether oxygens (including phenoxy) is 1. The monoisotopic (exact) mass is 537 g/mol. The molecule has 13 heteroatoms. The highest BCUT2D eigenvalue weighted by Gasteiger charge is 2.31. The van der Waals surface area contributed by atoms with Gasteiger partial charge in [0.25, 0.3) is 12.4 Å². The molecule has 0 unspecified atom stereocenters. The zero-order chi connectivity index (χ0) is 26.2. The molecule has 1 aromatic carbocycles. The summed E-state index contributed by atoms with van der Waals surface area (Å²) < 4.78 is 69.2. The van der Waals surface area contributed by atoms with Gasteiger partial charge in [-0.3, -0.25) is 4.79 Å². The molecule has 3 rings (SSSR count). The number of benzene rings is 1. The Kier molecular flexibility index (Phi) is 10.1. The Morgan fingerprint density at radius 1 is 1.09 bits per heavy atom. The quantitative estimate of drug-likeness (QED) is 0.321. The molecule has 2 aromatic heterocycles. The fraction of sp³-hybridized carbons (Fsp3) is 0.273. The summed E-state index contributed by atoms with van der Waals surface area (Å²) >= 11 is 11.8. The van der Waals surface area contributed by atoms with Gasteiger partial charge in [0.1, 0.15) is 17.8 Å². The van der Waals surface area contributed by atoms with Gasteiger partial charge in [0, 0.05) is 19.2 Å². The molecule has 0 aliphatic carbocycles. The number of carboxylic acid groups (broad SMARTS) is 1. The molecule has 0 saturated heterocycles. The van der Waals surface area contributed by atoms with E-state index in [9.17, 15) is 22.0 Å². The molecule has 0 saturated carbocycles. The number of halogens is 7. The van der Waals surface area contributed by atoms with Crippen LogP contribution in [0.4, 0.5) is 22.0 Å². The number of alkyl halides is 5. The van der Waals surface area contributed by atoms with Gasteiger partial charge < -0.3 is 9.84 Å². The third-order valence-corrected chi connectivity index (χ3v) is 4.95. The lowest BCUT2D eigenvalue weighted by atomic mass is 10.1. The Morgan fingerprint density at radius 3 is 2.31 bits per heavy atom. The minimum atomic E-state index is -4.50. The van der Waals surface area contributed by atoms with E-state index in [0.717, 1.165) is 37.0 Å². The zero-order valence-electron chi connectivity index (χ0n) is 18.0. The summed E-state index contributed by atoms with van der Waals surface area (Å²) in [6.45, 7) is 1.08. The second-order valence-corrected chi connectivity index (χ2v) is 7.73. The van der Waals surface area contributed by atoms with Gasteiger partial charge in [-0.15, -0.1) is 0 Å². The summed E-state index contributed by atoms with van der Waals surface area (Å²) in [4.78, 5) is 20.6. The third-order valence-electron chi connectivity index (χ3n) is 4.25. The summed E-state index contributed by atoms with van der Waals surface area (Å²) in [7, 11) is 0. The van der Waals surface area contributed by atoms with Crippen molar-refractivity contribution in [3.8, 4) is 11.6 Å². The Balaban J connectivity index is 0.00000100. The van der Waals surface area contributed by atoms with E-state index in [0.29, 0.717) is 25.0 Å². The van der Waals surface area contributed by atoms with E-state index in [-0.39, 0.29) is 21.7 Å². The number of aliphatic carboxylic acids is 1. The molecule has 35 heavy (non-hydrogen) atoms. The van der Waals surface area contributed by atoms with Crippen molar-refractivity contribution in [1.82, 2.24) is 15.0 Å². The maximum absolute atomic E-state index is 12.8. The first-order valence-electron chi connectivity index (χ1n) is 9.85. The normalized spacial score (nSPS) is 11.1. The number of hydrogen-bond donors (Lipinski definition) is 1. The molecular formula is C22H18Cl2F5N3O3. The van der Waals surface area contributed by atoms with Crippen molar-refractivity contribution in [2.24, 2.45) is 0 Å². The van der Waals surface area contributed by atoms with Crippen molar-refractivity contribution in [3.05, 3.63) is 75.4 Å².